The average molecular weight is 415 g/mol. The van der Waals surface area contributed by atoms with Crippen molar-refractivity contribution in [2.24, 2.45) is 0 Å². The summed E-state index contributed by atoms with van der Waals surface area (Å²) in [5.74, 6) is 1.18. The second-order valence-corrected chi connectivity index (χ2v) is 7.17. The summed E-state index contributed by atoms with van der Waals surface area (Å²) in [6.07, 6.45) is 0. The Kier molecular flexibility index (Phi) is 6.34. The first-order valence-electron chi connectivity index (χ1n) is 9.44. The van der Waals surface area contributed by atoms with Gasteiger partial charge in [0, 0.05) is 5.56 Å². The molecule has 0 fully saturated rings. The number of benzene rings is 2. The van der Waals surface area contributed by atoms with Gasteiger partial charge in [-0.3, -0.25) is 4.79 Å². The molecule has 0 saturated carbocycles. The number of esters is 1. The van der Waals surface area contributed by atoms with Crippen LogP contribution in [-0.2, 0) is 15.1 Å². The molecule has 0 bridgehead atoms. The van der Waals surface area contributed by atoms with Gasteiger partial charge in [-0.15, -0.1) is 0 Å². The predicted octanol–water partition coefficient (Wildman–Crippen LogP) is 2.68. The molecule has 3 rings (SSSR count). The number of ether oxygens (including phenoxy) is 5. The summed E-state index contributed by atoms with van der Waals surface area (Å²) < 4.78 is 26.4. The minimum Gasteiger partial charge on any atom is -0.493 e. The molecule has 30 heavy (non-hydrogen) atoms. The van der Waals surface area contributed by atoms with Crippen LogP contribution in [0.2, 0.25) is 0 Å². The average Bonchev–Trinajstić information content (AvgIpc) is 2.76. The molecule has 0 unspecified atom stereocenters. The summed E-state index contributed by atoms with van der Waals surface area (Å²) in [5, 5.41) is 3.01. The van der Waals surface area contributed by atoms with Crippen LogP contribution in [0.25, 0.3) is 0 Å². The number of rotatable bonds is 7. The third kappa shape index (κ3) is 4.76. The van der Waals surface area contributed by atoms with E-state index >= 15 is 0 Å². The van der Waals surface area contributed by atoms with Crippen molar-refractivity contribution < 1.29 is 33.3 Å². The Hall–Kier alpha value is -3.42. The summed E-state index contributed by atoms with van der Waals surface area (Å²) in [7, 11) is 2.75. The van der Waals surface area contributed by atoms with E-state index in [0.29, 0.717) is 36.0 Å². The molecular formula is C22H25NO7. The number of amides is 1. The summed E-state index contributed by atoms with van der Waals surface area (Å²) >= 11 is 0. The van der Waals surface area contributed by atoms with Crippen molar-refractivity contribution >= 4 is 11.9 Å². The fourth-order valence-corrected chi connectivity index (χ4v) is 2.99. The Morgan fingerprint density at radius 2 is 1.73 bits per heavy atom. The van der Waals surface area contributed by atoms with Crippen LogP contribution in [0.3, 0.4) is 0 Å². The van der Waals surface area contributed by atoms with Gasteiger partial charge in [0.15, 0.2) is 29.6 Å². The summed E-state index contributed by atoms with van der Waals surface area (Å²) in [6.45, 7) is 4.51. The molecule has 0 atom stereocenters. The second-order valence-electron chi connectivity index (χ2n) is 7.17. The number of carbonyl (C=O) groups is 2. The van der Waals surface area contributed by atoms with Gasteiger partial charge in [0.05, 0.1) is 19.8 Å². The lowest BCUT2D eigenvalue weighted by atomic mass is 9.93. The van der Waals surface area contributed by atoms with E-state index in [0.717, 1.165) is 5.56 Å². The maximum atomic E-state index is 12.9. The van der Waals surface area contributed by atoms with Crippen molar-refractivity contribution in [1.82, 2.24) is 5.32 Å². The van der Waals surface area contributed by atoms with Gasteiger partial charge in [-0.25, -0.2) is 4.79 Å². The third-order valence-corrected chi connectivity index (χ3v) is 4.69. The number of fused-ring (bicyclic) bond motifs is 1. The molecule has 0 spiro atoms. The Balaban J connectivity index is 1.78. The van der Waals surface area contributed by atoms with Gasteiger partial charge in [-0.1, -0.05) is 6.07 Å². The first-order chi connectivity index (χ1) is 14.3. The van der Waals surface area contributed by atoms with E-state index in [1.165, 1.54) is 20.3 Å². The number of methoxy groups -OCH3 is 2. The Labute approximate surface area is 175 Å². The van der Waals surface area contributed by atoms with Crippen LogP contribution in [0.15, 0.2) is 36.4 Å². The molecular weight excluding hydrogens is 390 g/mol. The van der Waals surface area contributed by atoms with Crippen LogP contribution in [0, 0.1) is 0 Å². The van der Waals surface area contributed by atoms with Gasteiger partial charge in [0.2, 0.25) is 0 Å². The SMILES string of the molecule is COC(=O)COc1cc(C(=O)NC(C)(C)c2ccc3c(c2)OCCO3)ccc1OC. The highest BCUT2D eigenvalue weighted by Crippen LogP contribution is 2.34. The van der Waals surface area contributed by atoms with Gasteiger partial charge in [0.1, 0.15) is 13.2 Å². The van der Waals surface area contributed by atoms with Crippen LogP contribution >= 0.6 is 0 Å². The van der Waals surface area contributed by atoms with E-state index in [-0.39, 0.29) is 18.3 Å². The molecule has 8 heteroatoms. The van der Waals surface area contributed by atoms with Gasteiger partial charge >= 0.3 is 5.97 Å². The number of hydrogen-bond acceptors (Lipinski definition) is 7. The lowest BCUT2D eigenvalue weighted by Gasteiger charge is -2.29. The van der Waals surface area contributed by atoms with Crippen molar-refractivity contribution in [3.8, 4) is 23.0 Å². The van der Waals surface area contributed by atoms with E-state index in [2.05, 4.69) is 10.1 Å². The Morgan fingerprint density at radius 3 is 2.43 bits per heavy atom. The maximum Gasteiger partial charge on any atom is 0.343 e. The fourth-order valence-electron chi connectivity index (χ4n) is 2.99. The topological polar surface area (TPSA) is 92.3 Å². The van der Waals surface area contributed by atoms with E-state index in [4.69, 9.17) is 18.9 Å². The summed E-state index contributed by atoms with van der Waals surface area (Å²) in [4.78, 5) is 24.3. The van der Waals surface area contributed by atoms with Gasteiger partial charge in [-0.05, 0) is 49.7 Å². The Morgan fingerprint density at radius 1 is 1.00 bits per heavy atom. The highest BCUT2D eigenvalue weighted by molar-refractivity contribution is 5.95. The van der Waals surface area contributed by atoms with Crippen molar-refractivity contribution in [1.29, 1.82) is 0 Å². The van der Waals surface area contributed by atoms with Crippen LogP contribution in [-0.4, -0.2) is 45.9 Å². The number of nitrogens with one attached hydrogen (secondary N) is 1. The van der Waals surface area contributed by atoms with Crippen LogP contribution in [0.5, 0.6) is 23.0 Å². The smallest absolute Gasteiger partial charge is 0.343 e. The number of carbonyl (C=O) groups excluding carboxylic acids is 2. The standard InChI is InChI=1S/C22H25NO7/c1-22(2,15-6-8-17-19(12-15)29-10-9-28-17)23-21(25)14-5-7-16(26-3)18(11-14)30-13-20(24)27-4/h5-8,11-12H,9-10,13H2,1-4H3,(H,23,25). The molecule has 160 valence electrons. The molecule has 2 aromatic carbocycles. The third-order valence-electron chi connectivity index (χ3n) is 4.69. The number of hydrogen-bond donors (Lipinski definition) is 1. The molecule has 0 aromatic heterocycles. The van der Waals surface area contributed by atoms with Crippen LogP contribution < -0.4 is 24.3 Å². The fraction of sp³-hybridized carbons (Fsp3) is 0.364. The molecule has 2 aromatic rings. The predicted molar refractivity (Wildman–Crippen MR) is 108 cm³/mol. The zero-order valence-corrected chi connectivity index (χ0v) is 17.4. The highest BCUT2D eigenvalue weighted by atomic mass is 16.6. The molecule has 1 amide bonds. The van der Waals surface area contributed by atoms with E-state index in [1.54, 1.807) is 12.1 Å². The second kappa shape index (κ2) is 8.94. The van der Waals surface area contributed by atoms with E-state index in [1.807, 2.05) is 32.0 Å². The normalized spacial score (nSPS) is 12.7. The lowest BCUT2D eigenvalue weighted by molar-refractivity contribution is -0.142. The molecule has 1 aliphatic heterocycles. The van der Waals surface area contributed by atoms with Crippen molar-refractivity contribution in [2.75, 3.05) is 34.0 Å². The molecule has 0 aliphatic carbocycles. The summed E-state index contributed by atoms with van der Waals surface area (Å²) in [6, 6.07) is 10.4. The highest BCUT2D eigenvalue weighted by Gasteiger charge is 2.26. The lowest BCUT2D eigenvalue weighted by Crippen LogP contribution is -2.41. The molecule has 0 radical (unpaired) electrons. The minimum absolute atomic E-state index is 0.271. The molecule has 1 heterocycles. The van der Waals surface area contributed by atoms with Crippen molar-refractivity contribution in [3.63, 3.8) is 0 Å². The van der Waals surface area contributed by atoms with Crippen molar-refractivity contribution in [3.05, 3.63) is 47.5 Å². The first-order valence-corrected chi connectivity index (χ1v) is 9.44. The zero-order valence-electron chi connectivity index (χ0n) is 17.4. The van der Waals surface area contributed by atoms with Gasteiger partial charge < -0.3 is 29.0 Å². The zero-order chi connectivity index (χ0) is 21.7. The van der Waals surface area contributed by atoms with Gasteiger partial charge in [-0.2, -0.15) is 0 Å². The van der Waals surface area contributed by atoms with Crippen LogP contribution in [0.1, 0.15) is 29.8 Å². The molecule has 1 N–H and O–H groups in total. The maximum absolute atomic E-state index is 12.9. The van der Waals surface area contributed by atoms with E-state index in [9.17, 15) is 9.59 Å². The Bertz CT molecular complexity index is 939. The monoisotopic (exact) mass is 415 g/mol. The quantitative estimate of drug-likeness (QED) is 0.695. The molecule has 8 nitrogen and oxygen atoms in total. The van der Waals surface area contributed by atoms with Gasteiger partial charge in [0.25, 0.3) is 5.91 Å². The largest absolute Gasteiger partial charge is 0.493 e. The first kappa shape index (κ1) is 21.3. The molecule has 1 aliphatic rings. The van der Waals surface area contributed by atoms with Crippen LogP contribution in [0.4, 0.5) is 0 Å². The van der Waals surface area contributed by atoms with Crippen molar-refractivity contribution in [2.45, 2.75) is 19.4 Å². The summed E-state index contributed by atoms with van der Waals surface area (Å²) in [5.41, 5.74) is 0.553. The minimum atomic E-state index is -0.681. The van der Waals surface area contributed by atoms with E-state index < -0.39 is 11.5 Å². The molecule has 0 saturated heterocycles.